The van der Waals surface area contributed by atoms with E-state index in [4.69, 9.17) is 30.9 Å². The van der Waals surface area contributed by atoms with E-state index in [1.165, 1.54) is 6.07 Å². The number of fused-ring (bicyclic) bond motifs is 8. The van der Waals surface area contributed by atoms with E-state index in [0.29, 0.717) is 61.5 Å². The summed E-state index contributed by atoms with van der Waals surface area (Å²) in [6, 6.07) is 14.5. The van der Waals surface area contributed by atoms with Crippen LogP contribution in [0.2, 0.25) is 5.02 Å². The van der Waals surface area contributed by atoms with Crippen molar-refractivity contribution in [3.05, 3.63) is 104 Å². The van der Waals surface area contributed by atoms with E-state index in [2.05, 4.69) is 11.5 Å². The van der Waals surface area contributed by atoms with Gasteiger partial charge in [0.15, 0.2) is 0 Å². The summed E-state index contributed by atoms with van der Waals surface area (Å²) in [5.41, 5.74) is 11.3. The molecule has 2 N–H and O–H groups in total. The zero-order valence-electron chi connectivity index (χ0n) is 29.8. The van der Waals surface area contributed by atoms with Crippen molar-refractivity contribution in [2.45, 2.75) is 37.5 Å². The first-order chi connectivity index (χ1) is 25.1. The Labute approximate surface area is 311 Å². The predicted molar refractivity (Wildman–Crippen MR) is 203 cm³/mol. The number of rotatable bonds is 6. The van der Waals surface area contributed by atoms with Crippen LogP contribution in [0.4, 0.5) is 4.39 Å². The van der Waals surface area contributed by atoms with Gasteiger partial charge in [-0.05, 0) is 84.2 Å². The lowest BCUT2D eigenvalue weighted by Gasteiger charge is -2.25. The Morgan fingerprint density at radius 2 is 1.90 bits per heavy atom. The molecule has 0 saturated carbocycles. The molecule has 8 bridgehead atoms. The summed E-state index contributed by atoms with van der Waals surface area (Å²) in [5, 5.41) is 20.4. The van der Waals surface area contributed by atoms with E-state index in [1.54, 1.807) is 42.6 Å². The molecule has 52 heavy (non-hydrogen) atoms. The van der Waals surface area contributed by atoms with Gasteiger partial charge in [-0.25, -0.2) is 14.2 Å². The van der Waals surface area contributed by atoms with Crippen LogP contribution in [-0.4, -0.2) is 76.8 Å². The van der Waals surface area contributed by atoms with E-state index in [9.17, 15) is 14.3 Å². The number of nitrogens with zero attached hydrogens (tertiary/aromatic N) is 4. The first kappa shape index (κ1) is 36.3. The number of hydrogen-bond donors (Lipinski definition) is 2. The average molecular weight is 748 g/mol. The summed E-state index contributed by atoms with van der Waals surface area (Å²) >= 11 is 8.86. The van der Waals surface area contributed by atoms with Crippen LogP contribution >= 0.6 is 23.4 Å². The number of benzene rings is 3. The van der Waals surface area contributed by atoms with Crippen molar-refractivity contribution in [1.29, 1.82) is 0 Å². The second-order valence-electron chi connectivity index (χ2n) is 13.4. The molecule has 1 atom stereocenters. The molecule has 0 fully saturated rings. The number of likely N-dealkylation sites (N-methyl/N-ethyl adjacent to an activating group) is 1. The molecule has 0 aliphatic carbocycles. The van der Waals surface area contributed by atoms with Crippen molar-refractivity contribution in [2.75, 3.05) is 46.3 Å². The summed E-state index contributed by atoms with van der Waals surface area (Å²) in [6.45, 7) is 1.65. The van der Waals surface area contributed by atoms with Gasteiger partial charge in [-0.3, -0.25) is 4.68 Å². The number of methoxy groups -OCH3 is 1. The number of aryl methyl sites for hydroxylation is 5. The van der Waals surface area contributed by atoms with Gasteiger partial charge in [-0.1, -0.05) is 23.7 Å². The highest BCUT2D eigenvalue weighted by Crippen LogP contribution is 2.44. The van der Waals surface area contributed by atoms with E-state index in [1.807, 2.05) is 48.1 Å². The van der Waals surface area contributed by atoms with E-state index in [0.717, 1.165) is 73.9 Å². The molecule has 3 aromatic carbocycles. The van der Waals surface area contributed by atoms with Crippen molar-refractivity contribution in [1.82, 2.24) is 24.8 Å². The van der Waals surface area contributed by atoms with Gasteiger partial charge in [0.05, 0.1) is 49.4 Å². The molecule has 2 aromatic heterocycles. The van der Waals surface area contributed by atoms with Crippen molar-refractivity contribution in [2.24, 2.45) is 14.1 Å². The smallest absolute Gasteiger partial charge is 0.352 e. The van der Waals surface area contributed by atoms with Crippen LogP contribution < -0.4 is 10.2 Å². The molecule has 0 radical (unpaired) electrons. The molecule has 0 amide bonds. The van der Waals surface area contributed by atoms with Gasteiger partial charge in [0, 0.05) is 66.8 Å². The number of carboxylic acid groups (broad SMARTS) is 1. The van der Waals surface area contributed by atoms with Gasteiger partial charge in [0.1, 0.15) is 17.3 Å². The molecule has 7 rings (SSSR count). The molecule has 0 saturated heterocycles. The highest BCUT2D eigenvalue weighted by Gasteiger charge is 2.36. The Bertz CT molecular complexity index is 2180. The molecule has 4 heterocycles. The third-order valence-corrected chi connectivity index (χ3v) is 11.3. The fraction of sp³-hybridized carbons (Fsp3) is 0.385. The van der Waals surface area contributed by atoms with Crippen LogP contribution in [-0.2, 0) is 48.6 Å². The SMILES string of the molecule is COCCOCC1=C2CSCc3cc(n(C)n3)CCc3cc(c4ccc(F)cc4c3)OCCCc3c(C(=O)O)n(C)c4c(c(Cl)ccc34)C2N(C)N1. The number of carboxylic acids is 1. The summed E-state index contributed by atoms with van der Waals surface area (Å²) in [6.07, 6.45) is 2.53. The quantitative estimate of drug-likeness (QED) is 0.178. The summed E-state index contributed by atoms with van der Waals surface area (Å²) < 4.78 is 35.7. The minimum atomic E-state index is -1.00. The van der Waals surface area contributed by atoms with Crippen molar-refractivity contribution < 1.29 is 28.5 Å². The number of nitrogens with one attached hydrogen (secondary N) is 1. The summed E-state index contributed by atoms with van der Waals surface area (Å²) in [7, 11) is 7.40. The monoisotopic (exact) mass is 747 g/mol. The van der Waals surface area contributed by atoms with Gasteiger partial charge in [-0.15, -0.1) is 0 Å². The van der Waals surface area contributed by atoms with Crippen LogP contribution in [0.1, 0.15) is 51.0 Å². The molecule has 0 spiro atoms. The van der Waals surface area contributed by atoms with Crippen LogP contribution in [0.3, 0.4) is 0 Å². The first-order valence-electron chi connectivity index (χ1n) is 17.4. The molecule has 10 nitrogen and oxygen atoms in total. The van der Waals surface area contributed by atoms with E-state index < -0.39 is 5.97 Å². The molecule has 1 unspecified atom stereocenters. The summed E-state index contributed by atoms with van der Waals surface area (Å²) in [4.78, 5) is 12.9. The Hall–Kier alpha value is -4.07. The summed E-state index contributed by atoms with van der Waals surface area (Å²) in [5.74, 6) is 0.738. The second kappa shape index (κ2) is 15.5. The second-order valence-corrected chi connectivity index (χ2v) is 14.8. The van der Waals surface area contributed by atoms with Gasteiger partial charge in [-0.2, -0.15) is 16.9 Å². The Balaban J connectivity index is 1.33. The number of thioether (sulfide) groups is 1. The van der Waals surface area contributed by atoms with Crippen LogP contribution in [0.25, 0.3) is 21.7 Å². The van der Waals surface area contributed by atoms with Crippen LogP contribution in [0.15, 0.2) is 59.8 Å². The number of halogens is 2. The number of hydrazine groups is 1. The maximum Gasteiger partial charge on any atom is 0.352 e. The topological polar surface area (TPSA) is 103 Å². The van der Waals surface area contributed by atoms with E-state index >= 15 is 0 Å². The Morgan fingerprint density at radius 3 is 2.71 bits per heavy atom. The number of carbonyl (C=O) groups is 1. The highest BCUT2D eigenvalue weighted by atomic mass is 35.5. The lowest BCUT2D eigenvalue weighted by molar-refractivity contribution is 0.0685. The Kier molecular flexibility index (Phi) is 10.8. The minimum absolute atomic E-state index is 0.228. The van der Waals surface area contributed by atoms with E-state index in [-0.39, 0.29) is 17.6 Å². The third kappa shape index (κ3) is 7.14. The first-order valence-corrected chi connectivity index (χ1v) is 18.9. The average Bonchev–Trinajstić information content (AvgIpc) is 3.72. The lowest BCUT2D eigenvalue weighted by Crippen LogP contribution is -2.31. The van der Waals surface area contributed by atoms with Gasteiger partial charge < -0.3 is 29.3 Å². The Morgan fingerprint density at radius 1 is 1.08 bits per heavy atom. The molecule has 5 aromatic rings. The molecular formula is C39H43ClFN5O5S. The fourth-order valence-corrected chi connectivity index (χ4v) is 8.87. The third-order valence-electron chi connectivity index (χ3n) is 9.99. The molecule has 13 heteroatoms. The number of ether oxygens (including phenoxy) is 3. The van der Waals surface area contributed by atoms with Crippen molar-refractivity contribution >= 4 is 51.0 Å². The predicted octanol–water partition coefficient (Wildman–Crippen LogP) is 7.01. The lowest BCUT2D eigenvalue weighted by atomic mass is 9.95. The molecule has 274 valence electrons. The number of aromatic carboxylic acids is 1. The standard InChI is InChI=1S/C39H43ClFN5O5S/c1-44-36-30-11-12-32(40)35(36)37-31(33(43-46(37)3)20-50-15-14-49-4)22-52-21-26-19-27(45(2)42-26)9-7-23-16-24-18-25(41)8-10-28(24)34(17-23)51-13-5-6-29(30)38(44)39(47)48/h8,10-12,16-19,37,43H,5-7,9,13-15,20-22H2,1-4H3,(H,47,48). The zero-order valence-corrected chi connectivity index (χ0v) is 31.4. The maximum absolute atomic E-state index is 14.4. The van der Waals surface area contributed by atoms with Gasteiger partial charge in [0.25, 0.3) is 0 Å². The van der Waals surface area contributed by atoms with Gasteiger partial charge >= 0.3 is 5.97 Å². The minimum Gasteiger partial charge on any atom is -0.493 e. The normalized spacial score (nSPS) is 17.3. The van der Waals surface area contributed by atoms with Gasteiger partial charge in [0.2, 0.25) is 0 Å². The number of aromatic nitrogens is 3. The molecule has 2 aliphatic rings. The largest absolute Gasteiger partial charge is 0.493 e. The fourth-order valence-electron chi connectivity index (χ4n) is 7.61. The zero-order chi connectivity index (χ0) is 36.5. The molecular weight excluding hydrogens is 705 g/mol. The number of hydrogen-bond acceptors (Lipinski definition) is 8. The van der Waals surface area contributed by atoms with Crippen LogP contribution in [0, 0.1) is 5.82 Å². The van der Waals surface area contributed by atoms with Crippen molar-refractivity contribution in [3.8, 4) is 5.75 Å². The van der Waals surface area contributed by atoms with Crippen molar-refractivity contribution in [3.63, 3.8) is 0 Å². The maximum atomic E-state index is 14.4. The van der Waals surface area contributed by atoms with Crippen LogP contribution in [0.5, 0.6) is 5.75 Å². The highest BCUT2D eigenvalue weighted by molar-refractivity contribution is 7.98. The molecule has 2 aliphatic heterocycles.